The van der Waals surface area contributed by atoms with E-state index in [-0.39, 0.29) is 0 Å². The normalized spacial score (nSPS) is 17.9. The average Bonchev–Trinajstić information content (AvgIpc) is 3.09. The second-order valence-corrected chi connectivity index (χ2v) is 6.11. The fourth-order valence-electron chi connectivity index (χ4n) is 2.85. The first kappa shape index (κ1) is 15.9. The summed E-state index contributed by atoms with van der Waals surface area (Å²) in [5.41, 5.74) is 3.62. The lowest BCUT2D eigenvalue weighted by molar-refractivity contribution is -0.145. The van der Waals surface area contributed by atoms with E-state index in [2.05, 4.69) is 10.2 Å². The molecule has 1 aromatic heterocycles. The number of benzene rings is 1. The van der Waals surface area contributed by atoms with Gasteiger partial charge in [0.1, 0.15) is 11.3 Å². The highest BCUT2D eigenvalue weighted by atomic mass is 32.1. The molecule has 0 saturated carbocycles. The minimum absolute atomic E-state index is 0.395. The van der Waals surface area contributed by atoms with Crippen LogP contribution in [0.2, 0.25) is 0 Å². The number of rotatable bonds is 5. The van der Waals surface area contributed by atoms with Crippen LogP contribution in [0.15, 0.2) is 17.6 Å². The molecular formula is C14H15BN2O5S. The predicted molar refractivity (Wildman–Crippen MR) is 84.0 cm³/mol. The molecule has 7 nitrogen and oxygen atoms in total. The minimum Gasteiger partial charge on any atom is -0.481 e. The number of hydrogen-bond acceptors (Lipinski definition) is 7. The van der Waals surface area contributed by atoms with Gasteiger partial charge in [0.05, 0.1) is 12.0 Å². The Hall–Kier alpha value is -1.97. The first-order chi connectivity index (χ1) is 11.0. The van der Waals surface area contributed by atoms with Gasteiger partial charge in [-0.05, 0) is 42.1 Å². The number of aryl methyl sites for hydroxylation is 1. The maximum absolute atomic E-state index is 11.4. The zero-order valence-corrected chi connectivity index (χ0v) is 13.4. The molecule has 120 valence electrons. The molecule has 0 saturated heterocycles. The van der Waals surface area contributed by atoms with Crippen molar-refractivity contribution in [1.82, 2.24) is 10.2 Å². The van der Waals surface area contributed by atoms with E-state index in [9.17, 15) is 14.9 Å². The van der Waals surface area contributed by atoms with Crippen molar-refractivity contribution in [2.75, 3.05) is 0 Å². The van der Waals surface area contributed by atoms with Gasteiger partial charge in [0, 0.05) is 0 Å². The maximum Gasteiger partial charge on any atom is 0.492 e. The molecule has 3 rings (SSSR count). The summed E-state index contributed by atoms with van der Waals surface area (Å²) in [5, 5.41) is 27.4. The summed E-state index contributed by atoms with van der Waals surface area (Å²) < 4.78 is 11.1. The largest absolute Gasteiger partial charge is 0.492 e. The highest BCUT2D eigenvalue weighted by Gasteiger charge is 2.42. The lowest BCUT2D eigenvalue weighted by atomic mass is 9.77. The number of aliphatic carboxylic acids is 1. The molecule has 2 atom stereocenters. The van der Waals surface area contributed by atoms with Crippen LogP contribution in [0.5, 0.6) is 10.9 Å². The molecule has 0 radical (unpaired) electrons. The monoisotopic (exact) mass is 334 g/mol. The molecule has 9 heteroatoms. The molecule has 0 spiro atoms. The quantitative estimate of drug-likeness (QED) is 0.799. The number of hydrogen-bond donors (Lipinski definition) is 2. The van der Waals surface area contributed by atoms with Gasteiger partial charge in [-0.2, -0.15) is 0 Å². The molecular weight excluding hydrogens is 319 g/mol. The molecule has 2 heterocycles. The fourth-order valence-corrected chi connectivity index (χ4v) is 3.27. The number of carboxylic acids is 1. The third-order valence-electron chi connectivity index (χ3n) is 3.89. The van der Waals surface area contributed by atoms with Gasteiger partial charge in [0.25, 0.3) is 5.19 Å². The maximum atomic E-state index is 11.4. The first-order valence-corrected chi connectivity index (χ1v) is 8.04. The predicted octanol–water partition coefficient (Wildman–Crippen LogP) is 1.51. The zero-order valence-electron chi connectivity index (χ0n) is 12.6. The lowest BCUT2D eigenvalue weighted by Gasteiger charge is -2.21. The van der Waals surface area contributed by atoms with Crippen LogP contribution in [0.1, 0.15) is 30.6 Å². The zero-order chi connectivity index (χ0) is 16.6. The van der Waals surface area contributed by atoms with E-state index in [0.717, 1.165) is 11.1 Å². The molecule has 1 aliphatic heterocycles. The number of carbonyl (C=O) groups is 1. The summed E-state index contributed by atoms with van der Waals surface area (Å²) in [6.07, 6.45) is -0.257. The Morgan fingerprint density at radius 2 is 2.35 bits per heavy atom. The van der Waals surface area contributed by atoms with Gasteiger partial charge in [0.15, 0.2) is 0 Å². The molecule has 0 amide bonds. The smallest absolute Gasteiger partial charge is 0.481 e. The number of carboxylic acid groups (broad SMARTS) is 1. The van der Waals surface area contributed by atoms with E-state index in [0.29, 0.717) is 22.8 Å². The van der Waals surface area contributed by atoms with Crippen molar-refractivity contribution in [2.45, 2.75) is 26.4 Å². The average molecular weight is 334 g/mol. The third kappa shape index (κ3) is 2.95. The molecule has 1 aliphatic rings. The molecule has 0 bridgehead atoms. The van der Waals surface area contributed by atoms with Gasteiger partial charge in [-0.3, -0.25) is 4.79 Å². The highest BCUT2D eigenvalue weighted by molar-refractivity contribution is 7.11. The van der Waals surface area contributed by atoms with E-state index in [1.54, 1.807) is 24.6 Å². The molecule has 1 unspecified atom stereocenters. The first-order valence-electron chi connectivity index (χ1n) is 7.16. The standard InChI is InChI=1S/C14H15BN2O5S/c1-3-9(13(18)19)12-11-7(2)4-8(5-10(11)15(20)22-12)21-14-17-16-6-23-14/h4-6,9,12,20H,3H2,1-2H3,(H,18,19)/t9-,12?/m0/s1. The summed E-state index contributed by atoms with van der Waals surface area (Å²) in [4.78, 5) is 11.4. The van der Waals surface area contributed by atoms with Crippen molar-refractivity contribution in [3.05, 3.63) is 28.8 Å². The van der Waals surface area contributed by atoms with Crippen LogP contribution in [0.25, 0.3) is 0 Å². The van der Waals surface area contributed by atoms with E-state index < -0.39 is 25.1 Å². The van der Waals surface area contributed by atoms with Crippen molar-refractivity contribution < 1.29 is 24.3 Å². The highest BCUT2D eigenvalue weighted by Crippen LogP contribution is 2.37. The molecule has 1 aromatic carbocycles. The van der Waals surface area contributed by atoms with Crippen molar-refractivity contribution in [2.24, 2.45) is 5.92 Å². The van der Waals surface area contributed by atoms with Crippen LogP contribution in [0.4, 0.5) is 0 Å². The van der Waals surface area contributed by atoms with Gasteiger partial charge in [-0.25, -0.2) is 0 Å². The lowest BCUT2D eigenvalue weighted by Crippen LogP contribution is -2.28. The second-order valence-electron chi connectivity index (χ2n) is 5.31. The SMILES string of the molecule is CC[C@H](C(=O)O)C1OB(O)c2cc(Oc3nncs3)cc(C)c21. The van der Waals surface area contributed by atoms with Crippen LogP contribution in [0, 0.1) is 12.8 Å². The van der Waals surface area contributed by atoms with Crippen molar-refractivity contribution in [3.8, 4) is 10.9 Å². The Balaban J connectivity index is 1.97. The van der Waals surface area contributed by atoms with Crippen molar-refractivity contribution >= 4 is 29.9 Å². The number of aromatic nitrogens is 2. The molecule has 2 N–H and O–H groups in total. The summed E-state index contributed by atoms with van der Waals surface area (Å²) >= 11 is 1.25. The Morgan fingerprint density at radius 1 is 1.57 bits per heavy atom. The van der Waals surface area contributed by atoms with E-state index in [1.807, 2.05) is 6.92 Å². The fraction of sp³-hybridized carbons (Fsp3) is 0.357. The molecule has 0 fully saturated rings. The molecule has 23 heavy (non-hydrogen) atoms. The summed E-state index contributed by atoms with van der Waals surface area (Å²) in [6, 6.07) is 3.44. The summed E-state index contributed by atoms with van der Waals surface area (Å²) in [6.45, 7) is 3.63. The van der Waals surface area contributed by atoms with E-state index in [1.165, 1.54) is 11.3 Å². The second kappa shape index (κ2) is 6.27. The van der Waals surface area contributed by atoms with Gasteiger partial charge < -0.3 is 19.5 Å². The van der Waals surface area contributed by atoms with Crippen LogP contribution in [-0.4, -0.2) is 33.4 Å². The number of fused-ring (bicyclic) bond motifs is 1. The number of ether oxygens (including phenoxy) is 1. The van der Waals surface area contributed by atoms with Crippen LogP contribution >= 0.6 is 11.3 Å². The Kier molecular flexibility index (Phi) is 4.34. The van der Waals surface area contributed by atoms with Gasteiger partial charge in [-0.1, -0.05) is 23.4 Å². The topological polar surface area (TPSA) is 102 Å². The van der Waals surface area contributed by atoms with E-state index >= 15 is 0 Å². The van der Waals surface area contributed by atoms with Crippen molar-refractivity contribution in [1.29, 1.82) is 0 Å². The Labute approximate surface area is 137 Å². The minimum atomic E-state index is -1.17. The van der Waals surface area contributed by atoms with Crippen LogP contribution in [0.3, 0.4) is 0 Å². The van der Waals surface area contributed by atoms with Gasteiger partial charge in [0.2, 0.25) is 0 Å². The summed E-state index contributed by atoms with van der Waals surface area (Å²) in [5.74, 6) is -1.14. The van der Waals surface area contributed by atoms with Gasteiger partial charge >= 0.3 is 13.1 Å². The Bertz CT molecular complexity index is 724. The number of nitrogens with zero attached hydrogens (tertiary/aromatic N) is 2. The molecule has 0 aliphatic carbocycles. The Morgan fingerprint density at radius 3 is 2.96 bits per heavy atom. The van der Waals surface area contributed by atoms with Crippen LogP contribution in [-0.2, 0) is 9.45 Å². The summed E-state index contributed by atoms with van der Waals surface area (Å²) in [7, 11) is -1.17. The van der Waals surface area contributed by atoms with Crippen molar-refractivity contribution in [3.63, 3.8) is 0 Å². The van der Waals surface area contributed by atoms with Gasteiger partial charge in [-0.15, -0.1) is 5.10 Å². The van der Waals surface area contributed by atoms with E-state index in [4.69, 9.17) is 9.39 Å². The third-order valence-corrected chi connectivity index (χ3v) is 4.45. The van der Waals surface area contributed by atoms with Crippen LogP contribution < -0.4 is 10.2 Å². The molecule has 2 aromatic rings.